The van der Waals surface area contributed by atoms with E-state index >= 15 is 0 Å². The minimum atomic E-state index is 0.285. The lowest BCUT2D eigenvalue weighted by Crippen LogP contribution is -2.18. The van der Waals surface area contributed by atoms with Gasteiger partial charge in [-0.1, -0.05) is 24.4 Å². The van der Waals surface area contributed by atoms with Gasteiger partial charge in [0, 0.05) is 12.7 Å². The minimum absolute atomic E-state index is 0.285. The zero-order valence-corrected chi connectivity index (χ0v) is 12.1. The van der Waals surface area contributed by atoms with Crippen molar-refractivity contribution < 1.29 is 4.74 Å². The Labute approximate surface area is 124 Å². The molecule has 1 aromatic carbocycles. The van der Waals surface area contributed by atoms with E-state index in [2.05, 4.69) is 10.3 Å². The molecule has 0 aliphatic heterocycles. The molecule has 104 valence electrons. The molecule has 3 N–H and O–H groups in total. The third kappa shape index (κ3) is 3.93. The molecule has 0 radical (unpaired) electrons. The molecule has 2 rings (SSSR count). The van der Waals surface area contributed by atoms with Crippen LogP contribution in [-0.4, -0.2) is 23.1 Å². The van der Waals surface area contributed by atoms with Crippen molar-refractivity contribution in [3.63, 3.8) is 0 Å². The van der Waals surface area contributed by atoms with Crippen molar-refractivity contribution in [1.82, 2.24) is 4.98 Å². The van der Waals surface area contributed by atoms with Crippen LogP contribution in [0.25, 0.3) is 0 Å². The minimum Gasteiger partial charge on any atom is -0.492 e. The fourth-order valence-corrected chi connectivity index (χ4v) is 1.97. The second-order valence-electron chi connectivity index (χ2n) is 4.36. The highest BCUT2D eigenvalue weighted by atomic mass is 32.1. The van der Waals surface area contributed by atoms with Crippen molar-refractivity contribution in [2.45, 2.75) is 6.92 Å². The van der Waals surface area contributed by atoms with Gasteiger partial charge in [-0.3, -0.25) is 4.98 Å². The van der Waals surface area contributed by atoms with Gasteiger partial charge in [0.1, 0.15) is 23.0 Å². The normalized spacial score (nSPS) is 10.1. The Bertz CT molecular complexity index is 601. The number of nitrogens with zero attached hydrogens (tertiary/aromatic N) is 1. The van der Waals surface area contributed by atoms with Crippen molar-refractivity contribution in [3.8, 4) is 5.75 Å². The van der Waals surface area contributed by atoms with E-state index in [4.69, 9.17) is 22.7 Å². The second kappa shape index (κ2) is 6.86. The largest absolute Gasteiger partial charge is 0.492 e. The first-order valence-electron chi connectivity index (χ1n) is 6.35. The summed E-state index contributed by atoms with van der Waals surface area (Å²) in [6.45, 7) is 3.24. The molecule has 0 fully saturated rings. The van der Waals surface area contributed by atoms with Gasteiger partial charge in [-0.15, -0.1) is 0 Å². The van der Waals surface area contributed by atoms with Gasteiger partial charge in [0.25, 0.3) is 0 Å². The molecule has 0 bridgehead atoms. The van der Waals surface area contributed by atoms with Crippen molar-refractivity contribution in [2.75, 3.05) is 18.5 Å². The Kier molecular flexibility index (Phi) is 4.90. The summed E-state index contributed by atoms with van der Waals surface area (Å²) in [5, 5.41) is 3.22. The average molecular weight is 287 g/mol. The molecule has 0 saturated heterocycles. The van der Waals surface area contributed by atoms with Gasteiger partial charge in [-0.25, -0.2) is 0 Å². The summed E-state index contributed by atoms with van der Waals surface area (Å²) in [5.74, 6) is 0.868. The first-order valence-corrected chi connectivity index (χ1v) is 6.76. The predicted octanol–water partition coefficient (Wildman–Crippen LogP) is 2.52. The monoisotopic (exact) mass is 287 g/mol. The molecular weight excluding hydrogens is 270 g/mol. The van der Waals surface area contributed by atoms with Gasteiger partial charge in [-0.2, -0.15) is 0 Å². The molecule has 2 aromatic rings. The highest BCUT2D eigenvalue weighted by molar-refractivity contribution is 7.80. The first-order chi connectivity index (χ1) is 9.66. The molecule has 0 spiro atoms. The fourth-order valence-electron chi connectivity index (χ4n) is 1.80. The van der Waals surface area contributed by atoms with Crippen molar-refractivity contribution in [3.05, 3.63) is 53.9 Å². The van der Waals surface area contributed by atoms with Gasteiger partial charge in [0.15, 0.2) is 0 Å². The van der Waals surface area contributed by atoms with Crippen LogP contribution >= 0.6 is 12.2 Å². The van der Waals surface area contributed by atoms with Crippen LogP contribution in [0.2, 0.25) is 0 Å². The van der Waals surface area contributed by atoms with Crippen LogP contribution in [0.5, 0.6) is 5.75 Å². The fraction of sp³-hybridized carbons (Fsp3) is 0.200. The SMILES string of the molecule is Cc1cccc(OCCNc2cccnc2C(N)=S)c1. The quantitative estimate of drug-likeness (QED) is 0.631. The number of aromatic nitrogens is 1. The van der Waals surface area contributed by atoms with E-state index in [-0.39, 0.29) is 4.99 Å². The summed E-state index contributed by atoms with van der Waals surface area (Å²) in [4.78, 5) is 4.44. The summed E-state index contributed by atoms with van der Waals surface area (Å²) < 4.78 is 5.66. The molecule has 4 nitrogen and oxygen atoms in total. The van der Waals surface area contributed by atoms with Crippen LogP contribution in [0.3, 0.4) is 0 Å². The molecule has 5 heteroatoms. The number of nitrogens with two attached hydrogens (primary N) is 1. The van der Waals surface area contributed by atoms with Crippen molar-refractivity contribution in [2.24, 2.45) is 5.73 Å². The van der Waals surface area contributed by atoms with Gasteiger partial charge in [-0.05, 0) is 36.8 Å². The molecule has 0 atom stereocenters. The van der Waals surface area contributed by atoms with Crippen molar-refractivity contribution in [1.29, 1.82) is 0 Å². The zero-order valence-electron chi connectivity index (χ0n) is 11.3. The van der Waals surface area contributed by atoms with Gasteiger partial charge in [0.2, 0.25) is 0 Å². The summed E-state index contributed by atoms with van der Waals surface area (Å²) in [6.07, 6.45) is 1.67. The maximum atomic E-state index is 5.66. The summed E-state index contributed by atoms with van der Waals surface area (Å²) in [6, 6.07) is 11.7. The number of nitrogens with one attached hydrogen (secondary N) is 1. The molecule has 0 aliphatic carbocycles. The van der Waals surface area contributed by atoms with Gasteiger partial charge >= 0.3 is 0 Å². The van der Waals surface area contributed by atoms with Crippen LogP contribution in [0.1, 0.15) is 11.3 Å². The number of benzene rings is 1. The molecule has 1 aromatic heterocycles. The maximum absolute atomic E-state index is 5.66. The molecule has 0 aliphatic rings. The van der Waals surface area contributed by atoms with E-state index in [1.807, 2.05) is 43.3 Å². The summed E-state index contributed by atoms with van der Waals surface area (Å²) in [5.41, 5.74) is 8.24. The number of thiocarbonyl (C=S) groups is 1. The van der Waals surface area contributed by atoms with Crippen molar-refractivity contribution >= 4 is 22.9 Å². The number of hydrogen-bond donors (Lipinski definition) is 2. The number of aryl methyl sites for hydroxylation is 1. The zero-order chi connectivity index (χ0) is 14.4. The molecule has 1 heterocycles. The highest BCUT2D eigenvalue weighted by Gasteiger charge is 2.04. The average Bonchev–Trinajstić information content (AvgIpc) is 2.44. The van der Waals surface area contributed by atoms with E-state index in [1.54, 1.807) is 6.20 Å². The van der Waals surface area contributed by atoms with Crippen LogP contribution in [0.4, 0.5) is 5.69 Å². The Morgan fingerprint density at radius 2 is 2.20 bits per heavy atom. The Balaban J connectivity index is 1.86. The first kappa shape index (κ1) is 14.3. The van der Waals surface area contributed by atoms with E-state index < -0.39 is 0 Å². The standard InChI is InChI=1S/C15H17N3OS/c1-11-4-2-5-12(10-11)19-9-8-17-13-6-3-7-18-14(13)15(16)20/h2-7,10,17H,8-9H2,1H3,(H2,16,20). The van der Waals surface area contributed by atoms with E-state index in [0.29, 0.717) is 18.8 Å². The predicted molar refractivity (Wildman–Crippen MR) is 85.3 cm³/mol. The van der Waals surface area contributed by atoms with Crippen LogP contribution in [0, 0.1) is 6.92 Å². The number of ether oxygens (including phenoxy) is 1. The topological polar surface area (TPSA) is 60.2 Å². The lowest BCUT2D eigenvalue weighted by Gasteiger charge is -2.11. The second-order valence-corrected chi connectivity index (χ2v) is 4.80. The highest BCUT2D eigenvalue weighted by Crippen LogP contribution is 2.13. The Morgan fingerprint density at radius 3 is 2.95 bits per heavy atom. The molecule has 0 unspecified atom stereocenters. The van der Waals surface area contributed by atoms with Crippen LogP contribution in [-0.2, 0) is 0 Å². The van der Waals surface area contributed by atoms with E-state index in [9.17, 15) is 0 Å². The lowest BCUT2D eigenvalue weighted by atomic mass is 10.2. The number of anilines is 1. The van der Waals surface area contributed by atoms with E-state index in [1.165, 1.54) is 5.56 Å². The maximum Gasteiger partial charge on any atom is 0.124 e. The van der Waals surface area contributed by atoms with Crippen LogP contribution in [0.15, 0.2) is 42.6 Å². The Hall–Kier alpha value is -2.14. The molecule has 0 amide bonds. The third-order valence-electron chi connectivity index (χ3n) is 2.72. The number of pyridine rings is 1. The van der Waals surface area contributed by atoms with E-state index in [0.717, 1.165) is 11.4 Å². The van der Waals surface area contributed by atoms with Gasteiger partial charge in [0.05, 0.1) is 5.69 Å². The lowest BCUT2D eigenvalue weighted by molar-refractivity contribution is 0.332. The summed E-state index contributed by atoms with van der Waals surface area (Å²) >= 11 is 4.96. The molecular formula is C15H17N3OS. The number of hydrogen-bond acceptors (Lipinski definition) is 4. The summed E-state index contributed by atoms with van der Waals surface area (Å²) in [7, 11) is 0. The molecule has 0 saturated carbocycles. The third-order valence-corrected chi connectivity index (χ3v) is 2.91. The van der Waals surface area contributed by atoms with Gasteiger partial charge < -0.3 is 15.8 Å². The van der Waals surface area contributed by atoms with Crippen LogP contribution < -0.4 is 15.8 Å². The Morgan fingerprint density at radius 1 is 1.35 bits per heavy atom. The number of rotatable bonds is 6. The smallest absolute Gasteiger partial charge is 0.124 e. The molecule has 20 heavy (non-hydrogen) atoms.